The van der Waals surface area contributed by atoms with Gasteiger partial charge in [-0.25, -0.2) is 4.90 Å². The number of carbonyl (C=O) groups excluding carboxylic acids is 1. The summed E-state index contributed by atoms with van der Waals surface area (Å²) >= 11 is 3.20. The maximum absolute atomic E-state index is 12.8. The molecule has 0 aromatic heterocycles. The van der Waals surface area contributed by atoms with Crippen LogP contribution in [0, 0.1) is 13.8 Å². The zero-order valence-corrected chi connectivity index (χ0v) is 11.1. The van der Waals surface area contributed by atoms with E-state index in [1.54, 1.807) is 12.1 Å². The molecule has 0 aliphatic rings. The van der Waals surface area contributed by atoms with E-state index in [0.29, 0.717) is 15.6 Å². The van der Waals surface area contributed by atoms with Gasteiger partial charge in [-0.1, -0.05) is 15.9 Å². The van der Waals surface area contributed by atoms with Crippen molar-refractivity contribution >= 4 is 27.5 Å². The fourth-order valence-corrected chi connectivity index (χ4v) is 2.41. The van der Waals surface area contributed by atoms with Crippen LogP contribution >= 0.6 is 15.9 Å². The van der Waals surface area contributed by atoms with E-state index in [2.05, 4.69) is 15.9 Å². The van der Waals surface area contributed by atoms with E-state index >= 15 is 0 Å². The van der Waals surface area contributed by atoms with E-state index in [1.807, 2.05) is 0 Å². The third-order valence-electron chi connectivity index (χ3n) is 2.25. The van der Waals surface area contributed by atoms with E-state index in [4.69, 9.17) is 0 Å². The third-order valence-corrected chi connectivity index (χ3v) is 2.71. The molecule has 6 heteroatoms. The average Bonchev–Trinajstić information content (AvgIpc) is 2.07. The molecule has 0 radical (unpaired) electrons. The summed E-state index contributed by atoms with van der Waals surface area (Å²) in [5.41, 5.74) is 0.682. The number of carbonyl (C=O) groups is 1. The number of rotatable bonds is 1. The van der Waals surface area contributed by atoms with Crippen molar-refractivity contribution in [1.82, 2.24) is 0 Å². The lowest BCUT2D eigenvalue weighted by molar-refractivity contribution is -0.148. The molecule has 1 aromatic carbocycles. The summed E-state index contributed by atoms with van der Waals surface area (Å²) in [5.74, 6) is -1.05. The minimum Gasteiger partial charge on any atom is -0.275 e. The van der Waals surface area contributed by atoms with Crippen LogP contribution in [-0.2, 0) is 4.79 Å². The van der Waals surface area contributed by atoms with Gasteiger partial charge in [0.1, 0.15) is 0 Å². The molecule has 17 heavy (non-hydrogen) atoms. The molecule has 0 bridgehead atoms. The molecule has 0 saturated heterocycles. The first-order valence-corrected chi connectivity index (χ1v) is 5.58. The second-order valence-electron chi connectivity index (χ2n) is 3.71. The van der Waals surface area contributed by atoms with Gasteiger partial charge in [0.2, 0.25) is 5.91 Å². The predicted octanol–water partition coefficient (Wildman–Crippen LogP) is 3.94. The highest BCUT2D eigenvalue weighted by atomic mass is 79.9. The van der Waals surface area contributed by atoms with Gasteiger partial charge in [0.25, 0.3) is 0 Å². The highest BCUT2D eigenvalue weighted by Crippen LogP contribution is 2.35. The van der Waals surface area contributed by atoms with E-state index in [9.17, 15) is 18.0 Å². The monoisotopic (exact) mass is 309 g/mol. The molecule has 0 heterocycles. The van der Waals surface area contributed by atoms with Crippen molar-refractivity contribution in [3.8, 4) is 0 Å². The highest BCUT2D eigenvalue weighted by molar-refractivity contribution is 9.10. The summed E-state index contributed by atoms with van der Waals surface area (Å²) in [5, 5.41) is 0. The van der Waals surface area contributed by atoms with Gasteiger partial charge < -0.3 is 0 Å². The van der Waals surface area contributed by atoms with E-state index in [0.717, 1.165) is 6.92 Å². The number of amides is 1. The Kier molecular flexibility index (Phi) is 3.86. The Morgan fingerprint density at radius 2 is 1.65 bits per heavy atom. The predicted molar refractivity (Wildman–Crippen MR) is 62.8 cm³/mol. The zero-order chi connectivity index (χ0) is 13.4. The van der Waals surface area contributed by atoms with E-state index in [-0.39, 0.29) is 10.6 Å². The number of benzene rings is 1. The molecule has 0 saturated carbocycles. The van der Waals surface area contributed by atoms with Crippen molar-refractivity contribution in [2.24, 2.45) is 0 Å². The normalized spacial score (nSPS) is 11.5. The van der Waals surface area contributed by atoms with Gasteiger partial charge in [-0.05, 0) is 37.1 Å². The van der Waals surface area contributed by atoms with Crippen molar-refractivity contribution < 1.29 is 18.0 Å². The van der Waals surface area contributed by atoms with Gasteiger partial charge in [0, 0.05) is 11.4 Å². The Morgan fingerprint density at radius 1 is 1.24 bits per heavy atom. The molecule has 0 spiro atoms. The zero-order valence-electron chi connectivity index (χ0n) is 9.52. The van der Waals surface area contributed by atoms with Crippen molar-refractivity contribution in [3.05, 3.63) is 27.7 Å². The number of hydrogen-bond acceptors (Lipinski definition) is 1. The fourth-order valence-electron chi connectivity index (χ4n) is 1.72. The number of halogens is 4. The van der Waals surface area contributed by atoms with Crippen LogP contribution in [0.2, 0.25) is 0 Å². The Labute approximate surface area is 106 Å². The Balaban J connectivity index is 3.44. The molecule has 1 aromatic rings. The van der Waals surface area contributed by atoms with Crippen LogP contribution in [0.5, 0.6) is 0 Å². The first kappa shape index (κ1) is 14.0. The van der Waals surface area contributed by atoms with E-state index in [1.165, 1.54) is 13.8 Å². The molecule has 1 amide bonds. The topological polar surface area (TPSA) is 20.3 Å². The lowest BCUT2D eigenvalue weighted by atomic mass is 10.1. The van der Waals surface area contributed by atoms with Crippen molar-refractivity contribution in [1.29, 1.82) is 0 Å². The van der Waals surface area contributed by atoms with Crippen LogP contribution in [0.15, 0.2) is 16.6 Å². The summed E-state index contributed by atoms with van der Waals surface area (Å²) in [6.07, 6.45) is -4.71. The molecule has 2 nitrogen and oxygen atoms in total. The van der Waals surface area contributed by atoms with Gasteiger partial charge in [-0.2, -0.15) is 0 Å². The number of anilines is 1. The molecule has 0 N–H and O–H groups in total. The van der Waals surface area contributed by atoms with Crippen LogP contribution in [0.1, 0.15) is 18.1 Å². The van der Waals surface area contributed by atoms with E-state index < -0.39 is 12.2 Å². The first-order valence-electron chi connectivity index (χ1n) is 4.79. The molecule has 94 valence electrons. The summed E-state index contributed by atoms with van der Waals surface area (Å²) in [6, 6.07) is 3.09. The number of nitrogens with zero attached hydrogens (tertiary/aromatic N) is 1. The van der Waals surface area contributed by atoms with Gasteiger partial charge in [0.15, 0.2) is 0 Å². The SMILES string of the molecule is CC(=O)N(c1c(C)cc(Br)cc1C)C(F)(F)F. The second kappa shape index (κ2) is 4.68. The number of aryl methyl sites for hydroxylation is 2. The molecule has 0 atom stereocenters. The van der Waals surface area contributed by atoms with Crippen molar-refractivity contribution in [2.75, 3.05) is 4.90 Å². The quantitative estimate of drug-likeness (QED) is 0.720. The highest BCUT2D eigenvalue weighted by Gasteiger charge is 2.41. The molecular weight excluding hydrogens is 299 g/mol. The maximum Gasteiger partial charge on any atom is 0.491 e. The van der Waals surface area contributed by atoms with Crippen LogP contribution < -0.4 is 4.90 Å². The Morgan fingerprint density at radius 3 is 1.94 bits per heavy atom. The van der Waals surface area contributed by atoms with Crippen molar-refractivity contribution in [2.45, 2.75) is 27.1 Å². The van der Waals surface area contributed by atoms with Gasteiger partial charge >= 0.3 is 6.30 Å². The molecular formula is C11H11BrF3NO. The lowest BCUT2D eigenvalue weighted by Gasteiger charge is -2.27. The molecule has 0 aliphatic heterocycles. The second-order valence-corrected chi connectivity index (χ2v) is 4.63. The minimum absolute atomic E-state index is 0.104. The minimum atomic E-state index is -4.71. The largest absolute Gasteiger partial charge is 0.491 e. The van der Waals surface area contributed by atoms with Crippen LogP contribution in [0.25, 0.3) is 0 Å². The molecule has 1 rings (SSSR count). The summed E-state index contributed by atoms with van der Waals surface area (Å²) in [4.78, 5) is 11.0. The molecule has 0 unspecified atom stereocenters. The van der Waals surface area contributed by atoms with Crippen LogP contribution in [0.3, 0.4) is 0 Å². The van der Waals surface area contributed by atoms with Gasteiger partial charge in [-0.3, -0.25) is 4.79 Å². The van der Waals surface area contributed by atoms with Crippen molar-refractivity contribution in [3.63, 3.8) is 0 Å². The van der Waals surface area contributed by atoms with Crippen LogP contribution in [-0.4, -0.2) is 12.2 Å². The smallest absolute Gasteiger partial charge is 0.275 e. The average molecular weight is 310 g/mol. The third kappa shape index (κ3) is 3.00. The van der Waals surface area contributed by atoms with Gasteiger partial charge in [-0.15, -0.1) is 13.2 Å². The summed E-state index contributed by atoms with van der Waals surface area (Å²) < 4.78 is 39.1. The standard InChI is InChI=1S/C11H11BrF3NO/c1-6-4-9(12)5-7(2)10(6)16(8(3)17)11(13,14)15/h4-5H,1-3H3. The first-order chi connectivity index (χ1) is 7.64. The molecule has 0 fully saturated rings. The summed E-state index contributed by atoms with van der Waals surface area (Å²) in [7, 11) is 0. The Bertz CT molecular complexity index is 434. The number of alkyl halides is 3. The lowest BCUT2D eigenvalue weighted by Crippen LogP contribution is -2.42. The maximum atomic E-state index is 12.8. The fraction of sp³-hybridized carbons (Fsp3) is 0.364. The van der Waals surface area contributed by atoms with Crippen LogP contribution in [0.4, 0.5) is 18.9 Å². The number of hydrogen-bond donors (Lipinski definition) is 0. The molecule has 0 aliphatic carbocycles. The summed E-state index contributed by atoms with van der Waals surface area (Å²) in [6.45, 7) is 3.97. The Hall–Kier alpha value is -1.04. The van der Waals surface area contributed by atoms with Gasteiger partial charge in [0.05, 0.1) is 5.69 Å².